The third-order valence-corrected chi connectivity index (χ3v) is 11.8. The number of ketones is 1. The number of aromatic nitrogens is 3. The summed E-state index contributed by atoms with van der Waals surface area (Å²) in [6, 6.07) is 5.78. The van der Waals surface area contributed by atoms with Crippen LogP contribution in [0.5, 0.6) is 5.75 Å². The van der Waals surface area contributed by atoms with E-state index < -0.39 is 5.60 Å². The third-order valence-electron chi connectivity index (χ3n) is 11.8. The molecule has 4 aliphatic carbocycles. The van der Waals surface area contributed by atoms with Gasteiger partial charge in [-0.15, -0.1) is 5.10 Å². The normalized spacial score (nSPS) is 40.4. The molecule has 38 heavy (non-hydrogen) atoms. The molecular formula is C31H45N3O4. The summed E-state index contributed by atoms with van der Waals surface area (Å²) in [6.45, 7) is 5.55. The van der Waals surface area contributed by atoms with Crippen molar-refractivity contribution in [3.63, 3.8) is 0 Å². The molecule has 1 N–H and O–H groups in total. The number of aliphatic hydroxyl groups is 1. The number of Topliss-reactive ketones (excluding diaryl/α,β-unsaturated/α-hetero) is 1. The van der Waals surface area contributed by atoms with Gasteiger partial charge in [-0.25, -0.2) is 4.68 Å². The lowest BCUT2D eigenvalue weighted by Gasteiger charge is -2.63. The second-order valence-electron chi connectivity index (χ2n) is 13.5. The average molecular weight is 524 g/mol. The van der Waals surface area contributed by atoms with Gasteiger partial charge < -0.3 is 14.6 Å². The van der Waals surface area contributed by atoms with E-state index >= 15 is 0 Å². The number of carbonyl (C=O) groups is 1. The number of rotatable bonds is 7. The molecule has 1 heterocycles. The number of nitrogens with zero attached hydrogens (tertiary/aromatic N) is 3. The van der Waals surface area contributed by atoms with E-state index in [9.17, 15) is 9.90 Å². The summed E-state index contributed by atoms with van der Waals surface area (Å²) in [5, 5.41) is 19.6. The fraction of sp³-hybridized carbons (Fsp3) is 0.774. The Labute approximate surface area is 226 Å². The van der Waals surface area contributed by atoms with Gasteiger partial charge in [-0.1, -0.05) is 18.2 Å². The Bertz CT molecular complexity index is 1190. The molecule has 8 atom stereocenters. The van der Waals surface area contributed by atoms with E-state index in [0.29, 0.717) is 40.7 Å². The minimum atomic E-state index is -0.530. The van der Waals surface area contributed by atoms with Crippen molar-refractivity contribution in [2.24, 2.45) is 40.4 Å². The second-order valence-corrected chi connectivity index (χ2v) is 13.5. The zero-order valence-corrected chi connectivity index (χ0v) is 23.6. The number of fused-ring (bicyclic) bond motifs is 6. The third kappa shape index (κ3) is 4.02. The van der Waals surface area contributed by atoms with Crippen molar-refractivity contribution >= 4 is 16.8 Å². The monoisotopic (exact) mass is 523 g/mol. The molecular weight excluding hydrogens is 478 g/mol. The topological polar surface area (TPSA) is 86.5 Å². The van der Waals surface area contributed by atoms with Gasteiger partial charge in [0.15, 0.2) is 11.3 Å². The van der Waals surface area contributed by atoms with Crippen LogP contribution in [0.4, 0.5) is 0 Å². The van der Waals surface area contributed by atoms with Crippen molar-refractivity contribution in [3.8, 4) is 5.75 Å². The highest BCUT2D eigenvalue weighted by Crippen LogP contribution is 2.69. The zero-order chi connectivity index (χ0) is 26.7. The van der Waals surface area contributed by atoms with Crippen LogP contribution >= 0.6 is 0 Å². The first-order valence-corrected chi connectivity index (χ1v) is 14.8. The van der Waals surface area contributed by atoms with E-state index in [1.807, 2.05) is 32.2 Å². The Hall–Kier alpha value is -1.99. The predicted molar refractivity (Wildman–Crippen MR) is 146 cm³/mol. The molecule has 0 spiro atoms. The lowest BCUT2D eigenvalue weighted by atomic mass is 9.42. The van der Waals surface area contributed by atoms with Crippen molar-refractivity contribution in [2.75, 3.05) is 20.8 Å². The van der Waals surface area contributed by atoms with Crippen LogP contribution in [0.2, 0.25) is 0 Å². The van der Waals surface area contributed by atoms with Gasteiger partial charge in [0.2, 0.25) is 0 Å². The summed E-state index contributed by atoms with van der Waals surface area (Å²) < 4.78 is 12.8. The molecule has 0 unspecified atom stereocenters. The summed E-state index contributed by atoms with van der Waals surface area (Å²) in [5.74, 6) is 3.63. The van der Waals surface area contributed by atoms with Crippen LogP contribution in [0, 0.1) is 40.4 Å². The molecule has 2 aromatic rings. The van der Waals surface area contributed by atoms with Gasteiger partial charge in [-0.3, -0.25) is 4.79 Å². The molecule has 0 radical (unpaired) electrons. The molecule has 0 bridgehead atoms. The Morgan fingerprint density at radius 3 is 2.71 bits per heavy atom. The molecule has 4 aliphatic rings. The van der Waals surface area contributed by atoms with Crippen LogP contribution in [0.15, 0.2) is 18.2 Å². The second kappa shape index (κ2) is 9.58. The molecule has 1 aromatic heterocycles. The number of hydrogen-bond donors (Lipinski definition) is 1. The Kier molecular flexibility index (Phi) is 6.62. The molecule has 1 aromatic carbocycles. The van der Waals surface area contributed by atoms with E-state index in [1.54, 1.807) is 11.8 Å². The Morgan fingerprint density at radius 2 is 1.92 bits per heavy atom. The van der Waals surface area contributed by atoms with Crippen molar-refractivity contribution in [2.45, 2.75) is 90.2 Å². The number of methoxy groups -OCH3 is 2. The van der Waals surface area contributed by atoms with Crippen LogP contribution < -0.4 is 4.74 Å². The van der Waals surface area contributed by atoms with E-state index in [4.69, 9.17) is 9.47 Å². The Morgan fingerprint density at radius 1 is 1.08 bits per heavy atom. The fourth-order valence-electron chi connectivity index (χ4n) is 10.1. The first-order chi connectivity index (χ1) is 18.2. The van der Waals surface area contributed by atoms with Crippen molar-refractivity contribution in [1.29, 1.82) is 0 Å². The highest BCUT2D eigenvalue weighted by Gasteiger charge is 2.62. The van der Waals surface area contributed by atoms with Crippen LogP contribution in [0.25, 0.3) is 11.0 Å². The van der Waals surface area contributed by atoms with Crippen LogP contribution in [0.3, 0.4) is 0 Å². The van der Waals surface area contributed by atoms with Gasteiger partial charge in [-0.05, 0) is 118 Å². The van der Waals surface area contributed by atoms with E-state index in [1.165, 1.54) is 19.3 Å². The zero-order valence-electron chi connectivity index (χ0n) is 23.6. The first kappa shape index (κ1) is 26.2. The number of ether oxygens (including phenoxy) is 2. The minimum Gasteiger partial charge on any atom is -0.494 e. The summed E-state index contributed by atoms with van der Waals surface area (Å²) >= 11 is 0. The SMILES string of the molecule is COCC[C@]12CC[C@@](C)(O)C[C@H]1CC[C@H]1[C@@H]3CC[C@H](C(=O)Cn4nnc5c(OC)cccc54)[C@@]3(C)CC[C@@H]12. The number of carbonyl (C=O) groups excluding carboxylic acids is 1. The molecule has 4 saturated carbocycles. The van der Waals surface area contributed by atoms with Gasteiger partial charge in [0.1, 0.15) is 12.3 Å². The maximum absolute atomic E-state index is 13.9. The highest BCUT2D eigenvalue weighted by atomic mass is 16.5. The van der Waals surface area contributed by atoms with Gasteiger partial charge in [-0.2, -0.15) is 0 Å². The highest BCUT2D eigenvalue weighted by molar-refractivity contribution is 5.85. The average Bonchev–Trinajstić information content (AvgIpc) is 3.47. The molecule has 208 valence electrons. The first-order valence-electron chi connectivity index (χ1n) is 14.8. The smallest absolute Gasteiger partial charge is 0.157 e. The molecule has 4 fully saturated rings. The summed E-state index contributed by atoms with van der Waals surface area (Å²) in [7, 11) is 3.46. The van der Waals surface area contributed by atoms with E-state index in [-0.39, 0.29) is 23.3 Å². The maximum Gasteiger partial charge on any atom is 0.157 e. The van der Waals surface area contributed by atoms with E-state index in [2.05, 4.69) is 17.2 Å². The number of hydrogen-bond acceptors (Lipinski definition) is 6. The molecule has 7 heteroatoms. The van der Waals surface area contributed by atoms with Gasteiger partial charge in [0, 0.05) is 19.6 Å². The van der Waals surface area contributed by atoms with Crippen molar-refractivity contribution < 1.29 is 19.4 Å². The summed E-state index contributed by atoms with van der Waals surface area (Å²) in [4.78, 5) is 13.9. The minimum absolute atomic E-state index is 0.0573. The van der Waals surface area contributed by atoms with Gasteiger partial charge in [0.25, 0.3) is 0 Å². The van der Waals surface area contributed by atoms with Crippen molar-refractivity contribution in [1.82, 2.24) is 15.0 Å². The van der Waals surface area contributed by atoms with Gasteiger partial charge >= 0.3 is 0 Å². The largest absolute Gasteiger partial charge is 0.494 e. The van der Waals surface area contributed by atoms with E-state index in [0.717, 1.165) is 57.1 Å². The number of benzene rings is 1. The molecule has 6 rings (SSSR count). The van der Waals surface area contributed by atoms with Crippen LogP contribution in [-0.2, 0) is 16.1 Å². The lowest BCUT2D eigenvalue weighted by Crippen LogP contribution is -2.57. The van der Waals surface area contributed by atoms with Crippen LogP contribution in [0.1, 0.15) is 78.1 Å². The molecule has 0 amide bonds. The lowest BCUT2D eigenvalue weighted by molar-refractivity contribution is -0.163. The molecule has 0 aliphatic heterocycles. The maximum atomic E-state index is 13.9. The predicted octanol–water partition coefficient (Wildman–Crippen LogP) is 5.44. The van der Waals surface area contributed by atoms with Gasteiger partial charge in [0.05, 0.1) is 18.2 Å². The standard InChI is InChI=1S/C31H45N3O4/c1-29(36)14-15-31(16-17-37-3)20(18-29)8-9-21-22-10-11-24(30(22,2)13-12-23(21)31)26(35)19-34-25-6-5-7-27(38-4)28(25)32-33-34/h5-7,20-24,36H,8-19H2,1-4H3/t20-,21+,22+,23+,24-,29-,30+,31-/m1/s1. The van der Waals surface area contributed by atoms with Crippen molar-refractivity contribution in [3.05, 3.63) is 18.2 Å². The molecule has 7 nitrogen and oxygen atoms in total. The van der Waals surface area contributed by atoms with Crippen LogP contribution in [-0.4, -0.2) is 52.3 Å². The quantitative estimate of drug-likeness (QED) is 0.520. The Balaban J connectivity index is 1.23. The summed E-state index contributed by atoms with van der Waals surface area (Å²) in [5.41, 5.74) is 1.37. The molecule has 0 saturated heterocycles. The fourth-order valence-corrected chi connectivity index (χ4v) is 10.1. The summed E-state index contributed by atoms with van der Waals surface area (Å²) in [6.07, 6.45) is 11.0.